The second kappa shape index (κ2) is 2.85. The van der Waals surface area contributed by atoms with Gasteiger partial charge in [-0.3, -0.25) is 0 Å². The van der Waals surface area contributed by atoms with Crippen molar-refractivity contribution < 1.29 is 0 Å². The highest BCUT2D eigenvalue weighted by atomic mass is 14.4. The van der Waals surface area contributed by atoms with E-state index in [9.17, 15) is 0 Å². The van der Waals surface area contributed by atoms with Gasteiger partial charge in [0.15, 0.2) is 0 Å². The van der Waals surface area contributed by atoms with Crippen molar-refractivity contribution in [3.05, 3.63) is 34.9 Å². The Balaban J connectivity index is 2.62. The Kier molecular flexibility index (Phi) is 1.99. The van der Waals surface area contributed by atoms with Crippen LogP contribution < -0.4 is 0 Å². The topological polar surface area (TPSA) is 0 Å². The number of hydrogen-bond acceptors (Lipinski definition) is 0. The van der Waals surface area contributed by atoms with E-state index >= 15 is 0 Å². The first-order valence-electron chi connectivity index (χ1n) is 5.55. The summed E-state index contributed by atoms with van der Waals surface area (Å²) in [6.45, 7) is 11.7. The monoisotopic (exact) mass is 188 g/mol. The highest BCUT2D eigenvalue weighted by Gasteiger charge is 2.40. The Hall–Kier alpha value is -0.780. The molecule has 0 saturated carbocycles. The lowest BCUT2D eigenvalue weighted by Gasteiger charge is -2.26. The van der Waals surface area contributed by atoms with Gasteiger partial charge in [0.1, 0.15) is 0 Å². The SMILES string of the molecule is Cc1ccc2c(c1)[C@H](C)[C@H](C)C2(C)C. The van der Waals surface area contributed by atoms with Crippen molar-refractivity contribution in [1.82, 2.24) is 0 Å². The molecule has 1 aromatic carbocycles. The van der Waals surface area contributed by atoms with Gasteiger partial charge in [-0.15, -0.1) is 0 Å². The van der Waals surface area contributed by atoms with Crippen LogP contribution in [0.3, 0.4) is 0 Å². The molecule has 14 heavy (non-hydrogen) atoms. The van der Waals surface area contributed by atoms with Crippen LogP contribution >= 0.6 is 0 Å². The summed E-state index contributed by atoms with van der Waals surface area (Å²) in [5.41, 5.74) is 4.87. The minimum absolute atomic E-state index is 0.350. The Morgan fingerprint density at radius 1 is 1.14 bits per heavy atom. The van der Waals surface area contributed by atoms with Crippen LogP contribution in [0.1, 0.15) is 50.3 Å². The lowest BCUT2D eigenvalue weighted by Crippen LogP contribution is -2.22. The Morgan fingerprint density at radius 2 is 1.79 bits per heavy atom. The molecule has 0 heterocycles. The van der Waals surface area contributed by atoms with Crippen LogP contribution in [0, 0.1) is 12.8 Å². The summed E-state index contributed by atoms with van der Waals surface area (Å²) in [6.07, 6.45) is 0. The fraction of sp³-hybridized carbons (Fsp3) is 0.571. The average molecular weight is 188 g/mol. The molecule has 0 fully saturated rings. The third-order valence-corrected chi connectivity index (χ3v) is 4.28. The molecule has 76 valence electrons. The first kappa shape index (κ1) is 9.76. The zero-order chi connectivity index (χ0) is 10.5. The molecule has 0 amide bonds. The molecule has 0 aromatic heterocycles. The molecule has 0 aliphatic heterocycles. The first-order valence-corrected chi connectivity index (χ1v) is 5.55. The summed E-state index contributed by atoms with van der Waals surface area (Å²) in [5.74, 6) is 1.46. The molecule has 0 N–H and O–H groups in total. The lowest BCUT2D eigenvalue weighted by molar-refractivity contribution is 0.342. The van der Waals surface area contributed by atoms with E-state index in [2.05, 4.69) is 52.8 Å². The fourth-order valence-corrected chi connectivity index (χ4v) is 2.79. The number of fused-ring (bicyclic) bond motifs is 1. The molecule has 0 nitrogen and oxygen atoms in total. The van der Waals surface area contributed by atoms with Gasteiger partial charge in [0.05, 0.1) is 0 Å². The smallest absolute Gasteiger partial charge is 0.00694 e. The molecule has 1 aromatic rings. The normalized spacial score (nSPS) is 28.9. The number of benzene rings is 1. The van der Waals surface area contributed by atoms with Crippen molar-refractivity contribution in [2.75, 3.05) is 0 Å². The summed E-state index contributed by atoms with van der Waals surface area (Å²) in [4.78, 5) is 0. The van der Waals surface area contributed by atoms with E-state index in [0.717, 1.165) is 5.92 Å². The molecule has 0 heteroatoms. The van der Waals surface area contributed by atoms with Gasteiger partial charge in [0.2, 0.25) is 0 Å². The van der Waals surface area contributed by atoms with Gasteiger partial charge in [-0.1, -0.05) is 51.5 Å². The van der Waals surface area contributed by atoms with Gasteiger partial charge in [-0.2, -0.15) is 0 Å². The lowest BCUT2D eigenvalue weighted by atomic mass is 9.77. The number of hydrogen-bond donors (Lipinski definition) is 0. The molecule has 0 radical (unpaired) electrons. The largest absolute Gasteiger partial charge is 0.0611 e. The summed E-state index contributed by atoms with van der Waals surface area (Å²) in [7, 11) is 0. The number of rotatable bonds is 0. The first-order chi connectivity index (χ1) is 6.44. The molecule has 0 spiro atoms. The fourth-order valence-electron chi connectivity index (χ4n) is 2.79. The van der Waals surface area contributed by atoms with Crippen molar-refractivity contribution in [1.29, 1.82) is 0 Å². The van der Waals surface area contributed by atoms with Crippen molar-refractivity contribution in [3.8, 4) is 0 Å². The maximum atomic E-state index is 2.38. The predicted octanol–water partition coefficient (Wildman–Crippen LogP) is 4.03. The second-order valence-electron chi connectivity index (χ2n) is 5.39. The molecule has 2 rings (SSSR count). The summed E-state index contributed by atoms with van der Waals surface area (Å²) in [6, 6.07) is 6.93. The van der Waals surface area contributed by atoms with Crippen molar-refractivity contribution in [3.63, 3.8) is 0 Å². The van der Waals surface area contributed by atoms with E-state index in [1.807, 2.05) is 0 Å². The van der Waals surface area contributed by atoms with E-state index < -0.39 is 0 Å². The van der Waals surface area contributed by atoms with Crippen molar-refractivity contribution in [2.24, 2.45) is 5.92 Å². The molecular weight excluding hydrogens is 168 g/mol. The van der Waals surface area contributed by atoms with Gasteiger partial charge in [0.25, 0.3) is 0 Å². The second-order valence-corrected chi connectivity index (χ2v) is 5.39. The van der Waals surface area contributed by atoms with E-state index in [1.165, 1.54) is 5.56 Å². The third-order valence-electron chi connectivity index (χ3n) is 4.28. The molecule has 0 unspecified atom stereocenters. The average Bonchev–Trinajstić information content (AvgIpc) is 2.28. The van der Waals surface area contributed by atoms with Crippen LogP contribution in [-0.4, -0.2) is 0 Å². The molecule has 1 aliphatic carbocycles. The predicted molar refractivity (Wildman–Crippen MR) is 61.8 cm³/mol. The van der Waals surface area contributed by atoms with E-state index in [1.54, 1.807) is 11.1 Å². The van der Waals surface area contributed by atoms with Gasteiger partial charge < -0.3 is 0 Å². The number of aryl methyl sites for hydroxylation is 1. The van der Waals surface area contributed by atoms with Crippen LogP contribution in [0.4, 0.5) is 0 Å². The van der Waals surface area contributed by atoms with Crippen LogP contribution in [0.15, 0.2) is 18.2 Å². The van der Waals surface area contributed by atoms with Gasteiger partial charge in [0, 0.05) is 0 Å². The van der Waals surface area contributed by atoms with E-state index in [4.69, 9.17) is 0 Å². The Labute approximate surface area is 87.3 Å². The van der Waals surface area contributed by atoms with Crippen molar-refractivity contribution >= 4 is 0 Å². The molecule has 2 atom stereocenters. The summed E-state index contributed by atoms with van der Waals surface area (Å²) < 4.78 is 0. The van der Waals surface area contributed by atoms with Gasteiger partial charge >= 0.3 is 0 Å². The summed E-state index contributed by atoms with van der Waals surface area (Å²) in [5, 5.41) is 0. The summed E-state index contributed by atoms with van der Waals surface area (Å²) >= 11 is 0. The van der Waals surface area contributed by atoms with E-state index in [-0.39, 0.29) is 0 Å². The Bertz CT molecular complexity index is 360. The van der Waals surface area contributed by atoms with Crippen molar-refractivity contribution in [2.45, 2.75) is 46.0 Å². The molecule has 0 saturated heterocycles. The van der Waals surface area contributed by atoms with Gasteiger partial charge in [-0.25, -0.2) is 0 Å². The highest BCUT2D eigenvalue weighted by Crippen LogP contribution is 2.49. The van der Waals surface area contributed by atoms with E-state index in [0.29, 0.717) is 11.3 Å². The van der Waals surface area contributed by atoms with Gasteiger partial charge in [-0.05, 0) is 35.3 Å². The Morgan fingerprint density at radius 3 is 2.43 bits per heavy atom. The third kappa shape index (κ3) is 1.13. The van der Waals surface area contributed by atoms with Crippen LogP contribution in [0.2, 0.25) is 0 Å². The minimum Gasteiger partial charge on any atom is -0.0611 e. The maximum absolute atomic E-state index is 2.38. The molecule has 1 aliphatic rings. The maximum Gasteiger partial charge on any atom is -0.00694 e. The minimum atomic E-state index is 0.350. The quantitative estimate of drug-likeness (QED) is 0.576. The standard InChI is InChI=1S/C14H20/c1-9-6-7-13-12(8-9)10(2)11(3)14(13,4)5/h6-8,10-11H,1-5H3/t10-,11+/m1/s1. The molecule has 0 bridgehead atoms. The zero-order valence-corrected chi connectivity index (χ0v) is 9.89. The highest BCUT2D eigenvalue weighted by molar-refractivity contribution is 5.44. The van der Waals surface area contributed by atoms with Crippen LogP contribution in [0.25, 0.3) is 0 Å². The van der Waals surface area contributed by atoms with Crippen LogP contribution in [-0.2, 0) is 5.41 Å². The zero-order valence-electron chi connectivity index (χ0n) is 9.89. The molecular formula is C14H20. The van der Waals surface area contributed by atoms with Crippen LogP contribution in [0.5, 0.6) is 0 Å².